The Labute approximate surface area is 155 Å². The molecule has 0 fully saturated rings. The number of hydrogen-bond acceptors (Lipinski definition) is 5. The lowest BCUT2D eigenvalue weighted by molar-refractivity contribution is -0.385. The molecule has 6 heteroatoms. The molecule has 0 atom stereocenters. The molecule has 128 valence electrons. The first kappa shape index (κ1) is 17.5. The van der Waals surface area contributed by atoms with Crippen LogP contribution in [0.15, 0.2) is 47.8 Å². The molecule has 0 N–H and O–H groups in total. The number of nitrogens with zero attached hydrogens (tertiary/aromatic N) is 3. The van der Waals surface area contributed by atoms with E-state index < -0.39 is 4.92 Å². The molecule has 0 saturated heterocycles. The molecule has 0 aliphatic heterocycles. The highest BCUT2D eigenvalue weighted by atomic mass is 32.1. The summed E-state index contributed by atoms with van der Waals surface area (Å²) >= 11 is 1.38. The standard InChI is InChI=1S/C20H15N3O2S/c1-13-3-7-16(8-4-13)18-12-26-20(22-18)17(11-21)9-15-6-5-14(2)19(10-15)23(24)25/h3-10,12H,1-2H3/b17-9+. The Morgan fingerprint density at radius 2 is 1.96 bits per heavy atom. The number of nitro groups is 1. The fourth-order valence-corrected chi connectivity index (χ4v) is 3.27. The molecule has 1 heterocycles. The summed E-state index contributed by atoms with van der Waals surface area (Å²) in [4.78, 5) is 15.2. The molecule has 3 aromatic rings. The van der Waals surface area contributed by atoms with Crippen molar-refractivity contribution in [3.63, 3.8) is 0 Å². The quantitative estimate of drug-likeness (QED) is 0.354. The van der Waals surface area contributed by atoms with Gasteiger partial charge in [0, 0.05) is 22.6 Å². The summed E-state index contributed by atoms with van der Waals surface area (Å²) in [5.74, 6) is 0. The van der Waals surface area contributed by atoms with Gasteiger partial charge < -0.3 is 0 Å². The minimum Gasteiger partial charge on any atom is -0.258 e. The fourth-order valence-electron chi connectivity index (χ4n) is 2.48. The van der Waals surface area contributed by atoms with Crippen molar-refractivity contribution in [1.82, 2.24) is 4.98 Å². The number of allylic oxidation sites excluding steroid dienone is 1. The van der Waals surface area contributed by atoms with Crippen LogP contribution < -0.4 is 0 Å². The third-order valence-electron chi connectivity index (χ3n) is 3.94. The average Bonchev–Trinajstić information content (AvgIpc) is 3.11. The van der Waals surface area contributed by atoms with Crippen LogP contribution in [0.25, 0.3) is 22.9 Å². The van der Waals surface area contributed by atoms with E-state index in [2.05, 4.69) is 11.1 Å². The number of thiazole rings is 1. The molecular weight excluding hydrogens is 346 g/mol. The third-order valence-corrected chi connectivity index (χ3v) is 4.82. The molecule has 0 radical (unpaired) electrons. The second-order valence-electron chi connectivity index (χ2n) is 5.88. The lowest BCUT2D eigenvalue weighted by Gasteiger charge is -2.00. The van der Waals surface area contributed by atoms with Gasteiger partial charge in [-0.3, -0.25) is 10.1 Å². The molecule has 0 aliphatic rings. The largest absolute Gasteiger partial charge is 0.272 e. The Morgan fingerprint density at radius 1 is 1.23 bits per heavy atom. The number of aryl methyl sites for hydroxylation is 2. The molecule has 0 spiro atoms. The summed E-state index contributed by atoms with van der Waals surface area (Å²) in [7, 11) is 0. The highest BCUT2D eigenvalue weighted by Gasteiger charge is 2.13. The van der Waals surface area contributed by atoms with Crippen LogP contribution in [0.4, 0.5) is 5.69 Å². The first-order valence-corrected chi connectivity index (χ1v) is 8.75. The summed E-state index contributed by atoms with van der Waals surface area (Å²) in [5, 5.41) is 23.1. The fraction of sp³-hybridized carbons (Fsp3) is 0.100. The number of benzene rings is 2. The zero-order valence-electron chi connectivity index (χ0n) is 14.3. The summed E-state index contributed by atoms with van der Waals surface area (Å²) in [5.41, 5.74) is 4.57. The van der Waals surface area contributed by atoms with Gasteiger partial charge in [0.1, 0.15) is 11.1 Å². The molecule has 1 aromatic heterocycles. The van der Waals surface area contributed by atoms with Gasteiger partial charge in [0.05, 0.1) is 16.2 Å². The molecular formula is C20H15N3O2S. The van der Waals surface area contributed by atoms with Crippen LogP contribution in [0.1, 0.15) is 21.7 Å². The van der Waals surface area contributed by atoms with Crippen LogP contribution >= 0.6 is 11.3 Å². The van der Waals surface area contributed by atoms with Gasteiger partial charge in [-0.15, -0.1) is 11.3 Å². The second kappa shape index (κ2) is 7.30. The summed E-state index contributed by atoms with van der Waals surface area (Å²) in [6.07, 6.45) is 1.63. The zero-order valence-corrected chi connectivity index (χ0v) is 15.1. The molecule has 0 unspecified atom stereocenters. The van der Waals surface area contributed by atoms with Crippen LogP contribution in [-0.4, -0.2) is 9.91 Å². The Morgan fingerprint density at radius 3 is 2.62 bits per heavy atom. The van der Waals surface area contributed by atoms with Crippen molar-refractivity contribution in [2.45, 2.75) is 13.8 Å². The lowest BCUT2D eigenvalue weighted by Crippen LogP contribution is -1.92. The van der Waals surface area contributed by atoms with Crippen LogP contribution in [0.3, 0.4) is 0 Å². The van der Waals surface area contributed by atoms with Crippen molar-refractivity contribution < 1.29 is 4.92 Å². The van der Waals surface area contributed by atoms with Gasteiger partial charge in [0.2, 0.25) is 0 Å². The molecule has 3 rings (SSSR count). The summed E-state index contributed by atoms with van der Waals surface area (Å²) in [6, 6.07) is 15.1. The molecule has 26 heavy (non-hydrogen) atoms. The number of nitro benzene ring substituents is 1. The van der Waals surface area contributed by atoms with E-state index in [0.717, 1.165) is 11.3 Å². The van der Waals surface area contributed by atoms with Crippen molar-refractivity contribution in [1.29, 1.82) is 5.26 Å². The van der Waals surface area contributed by atoms with E-state index in [4.69, 9.17) is 0 Å². The monoisotopic (exact) mass is 361 g/mol. The van der Waals surface area contributed by atoms with Crippen molar-refractivity contribution in [2.75, 3.05) is 0 Å². The van der Waals surface area contributed by atoms with Crippen molar-refractivity contribution in [3.05, 3.63) is 79.7 Å². The molecule has 0 aliphatic carbocycles. The number of nitriles is 1. The lowest BCUT2D eigenvalue weighted by atomic mass is 10.1. The van der Waals surface area contributed by atoms with Gasteiger partial charge in [-0.05, 0) is 25.5 Å². The minimum atomic E-state index is -0.419. The van der Waals surface area contributed by atoms with E-state index >= 15 is 0 Å². The van der Waals surface area contributed by atoms with E-state index in [1.807, 2.05) is 36.6 Å². The van der Waals surface area contributed by atoms with Gasteiger partial charge in [-0.1, -0.05) is 42.0 Å². The Kier molecular flexibility index (Phi) is 4.92. The second-order valence-corrected chi connectivity index (χ2v) is 6.73. The van der Waals surface area contributed by atoms with E-state index in [1.165, 1.54) is 23.0 Å². The van der Waals surface area contributed by atoms with Gasteiger partial charge >= 0.3 is 0 Å². The predicted octanol–water partition coefficient (Wildman–Crippen LogP) is 5.40. The molecule has 0 bridgehead atoms. The minimum absolute atomic E-state index is 0.0375. The highest BCUT2D eigenvalue weighted by Crippen LogP contribution is 2.28. The van der Waals surface area contributed by atoms with Crippen LogP contribution in [0.5, 0.6) is 0 Å². The zero-order chi connectivity index (χ0) is 18.7. The van der Waals surface area contributed by atoms with Crippen molar-refractivity contribution in [2.24, 2.45) is 0 Å². The number of hydrogen-bond donors (Lipinski definition) is 0. The Balaban J connectivity index is 1.96. The van der Waals surface area contributed by atoms with E-state index in [1.54, 1.807) is 25.1 Å². The van der Waals surface area contributed by atoms with Gasteiger partial charge in [0.15, 0.2) is 0 Å². The number of rotatable bonds is 4. The maximum Gasteiger partial charge on any atom is 0.272 e. The molecule has 2 aromatic carbocycles. The Bertz CT molecular complexity index is 1040. The number of aromatic nitrogens is 1. The van der Waals surface area contributed by atoms with Crippen LogP contribution in [0.2, 0.25) is 0 Å². The first-order valence-electron chi connectivity index (χ1n) is 7.87. The summed E-state index contributed by atoms with van der Waals surface area (Å²) < 4.78 is 0. The third kappa shape index (κ3) is 3.68. The van der Waals surface area contributed by atoms with E-state index in [-0.39, 0.29) is 5.69 Å². The first-order chi connectivity index (χ1) is 12.5. The maximum absolute atomic E-state index is 11.1. The van der Waals surface area contributed by atoms with Crippen molar-refractivity contribution in [3.8, 4) is 17.3 Å². The van der Waals surface area contributed by atoms with Crippen LogP contribution in [-0.2, 0) is 0 Å². The Hall–Kier alpha value is -3.30. The van der Waals surface area contributed by atoms with E-state index in [9.17, 15) is 15.4 Å². The maximum atomic E-state index is 11.1. The topological polar surface area (TPSA) is 79.8 Å². The van der Waals surface area contributed by atoms with Crippen LogP contribution in [0, 0.1) is 35.3 Å². The normalized spacial score (nSPS) is 11.2. The SMILES string of the molecule is Cc1ccc(-c2csc(/C(C#N)=C/c3ccc(C)c([N+](=O)[O-])c3)n2)cc1. The van der Waals surface area contributed by atoms with Gasteiger partial charge in [0.25, 0.3) is 5.69 Å². The van der Waals surface area contributed by atoms with E-state index in [0.29, 0.717) is 21.7 Å². The summed E-state index contributed by atoms with van der Waals surface area (Å²) in [6.45, 7) is 3.71. The van der Waals surface area contributed by atoms with Gasteiger partial charge in [-0.25, -0.2) is 4.98 Å². The molecule has 5 nitrogen and oxygen atoms in total. The molecule has 0 saturated carbocycles. The van der Waals surface area contributed by atoms with Gasteiger partial charge in [-0.2, -0.15) is 5.26 Å². The highest BCUT2D eigenvalue weighted by molar-refractivity contribution is 7.11. The predicted molar refractivity (Wildman–Crippen MR) is 104 cm³/mol. The average molecular weight is 361 g/mol. The smallest absolute Gasteiger partial charge is 0.258 e. The molecule has 0 amide bonds. The van der Waals surface area contributed by atoms with Crippen molar-refractivity contribution >= 4 is 28.7 Å².